The zero-order valence-corrected chi connectivity index (χ0v) is 26.4. The Hall–Kier alpha value is -3.43. The number of hydrogen-bond acceptors (Lipinski definition) is 9. The minimum absolute atomic E-state index is 0.0585. The molecule has 228 valence electrons. The number of ether oxygens (including phenoxy) is 1. The van der Waals surface area contributed by atoms with Gasteiger partial charge >= 0.3 is 0 Å². The van der Waals surface area contributed by atoms with Crippen molar-refractivity contribution in [3.05, 3.63) is 54.7 Å². The fraction of sp³-hybridized carbons (Fsp3) is 0.438. The summed E-state index contributed by atoms with van der Waals surface area (Å²) in [5, 5.41) is 8.75. The molecule has 0 aliphatic carbocycles. The smallest absolute Gasteiger partial charge is 0.231 e. The summed E-state index contributed by atoms with van der Waals surface area (Å²) in [4.78, 5) is 18.0. The second-order valence-corrected chi connectivity index (χ2v) is 13.1. The topological polar surface area (TPSA) is 99.8 Å². The fourth-order valence-electron chi connectivity index (χ4n) is 6.14. The van der Waals surface area contributed by atoms with Gasteiger partial charge in [0.1, 0.15) is 17.2 Å². The molecule has 2 aliphatic heterocycles. The molecule has 10 nitrogen and oxygen atoms in total. The van der Waals surface area contributed by atoms with Crippen LogP contribution < -0.4 is 25.6 Å². The third-order valence-electron chi connectivity index (χ3n) is 8.14. The normalized spacial score (nSPS) is 16.5. The van der Waals surface area contributed by atoms with Gasteiger partial charge in [0.25, 0.3) is 0 Å². The zero-order valence-electron chi connectivity index (χ0n) is 25.5. The number of fused-ring (bicyclic) bond motifs is 1. The van der Waals surface area contributed by atoms with Crippen LogP contribution in [0.5, 0.6) is 5.75 Å². The van der Waals surface area contributed by atoms with Gasteiger partial charge in [0.05, 0.1) is 28.2 Å². The van der Waals surface area contributed by atoms with Crippen LogP contribution in [0, 0.1) is 0 Å². The van der Waals surface area contributed by atoms with Gasteiger partial charge in [-0.3, -0.25) is 0 Å². The monoisotopic (exact) mass is 603 g/mol. The number of nitrogens with one attached hydrogen (secondary N) is 3. The van der Waals surface area contributed by atoms with E-state index in [1.54, 1.807) is 14.2 Å². The molecule has 4 aromatic rings. The van der Waals surface area contributed by atoms with Crippen molar-refractivity contribution in [2.24, 2.45) is 0 Å². The highest BCUT2D eigenvalue weighted by Crippen LogP contribution is 2.39. The van der Waals surface area contributed by atoms with Crippen LogP contribution in [0.15, 0.2) is 54.7 Å². The molecule has 0 radical (unpaired) electrons. The maximum Gasteiger partial charge on any atom is 0.231 e. The molecule has 43 heavy (non-hydrogen) atoms. The largest absolute Gasteiger partial charge is 0.489 e. The third-order valence-corrected chi connectivity index (χ3v) is 9.59. The van der Waals surface area contributed by atoms with Crippen LogP contribution in [0.2, 0.25) is 0 Å². The van der Waals surface area contributed by atoms with Crippen LogP contribution in [0.3, 0.4) is 0 Å². The average molecular weight is 604 g/mol. The van der Waals surface area contributed by atoms with Crippen LogP contribution in [0.1, 0.15) is 39.5 Å². The van der Waals surface area contributed by atoms with E-state index in [0.29, 0.717) is 17.8 Å². The van der Waals surface area contributed by atoms with Crippen LogP contribution in [0.25, 0.3) is 11.0 Å². The Bertz CT molecular complexity index is 1510. The number of H-pyrrole nitrogens is 1. The summed E-state index contributed by atoms with van der Waals surface area (Å²) >= 11 is 0. The van der Waals surface area contributed by atoms with E-state index in [1.807, 2.05) is 36.5 Å². The van der Waals surface area contributed by atoms with Crippen LogP contribution in [-0.4, -0.2) is 72.4 Å². The molecule has 6 rings (SSSR count). The number of para-hydroxylation sites is 1. The number of benzene rings is 2. The molecule has 0 saturated carbocycles. The standard InChI is InChI=1S/C32H42N7O3P/c1-22(2)42-28-21-23(11-12-27(28)39-19-14-24(15-20-39)38-17-7-8-18-38)34-32-36-30-25(13-16-33-30)31(37-32)35-26-9-5-6-10-29(26)43(40-3)41-4/h5-6,9-13,16,21-22,24H,7-8,14-15,17-20H2,1-4H3,(H3,33,34,35,36,37). The summed E-state index contributed by atoms with van der Waals surface area (Å²) in [5.41, 5.74) is 3.61. The molecule has 2 fully saturated rings. The summed E-state index contributed by atoms with van der Waals surface area (Å²) < 4.78 is 17.5. The number of nitrogens with zero attached hydrogens (tertiary/aromatic N) is 4. The average Bonchev–Trinajstić information content (AvgIpc) is 3.72. The van der Waals surface area contributed by atoms with Gasteiger partial charge in [-0.2, -0.15) is 9.97 Å². The molecule has 2 aromatic carbocycles. The fourth-order valence-corrected chi connectivity index (χ4v) is 7.22. The molecule has 2 aromatic heterocycles. The molecule has 0 bridgehead atoms. The lowest BCUT2D eigenvalue weighted by Gasteiger charge is -2.38. The number of hydrogen-bond donors (Lipinski definition) is 3. The lowest BCUT2D eigenvalue weighted by molar-refractivity contribution is 0.206. The van der Waals surface area contributed by atoms with E-state index in [9.17, 15) is 0 Å². The molecule has 3 N–H and O–H groups in total. The van der Waals surface area contributed by atoms with Gasteiger partial charge < -0.3 is 39.2 Å². The molecule has 0 amide bonds. The number of aromatic amines is 1. The Labute approximate surface area is 255 Å². The van der Waals surface area contributed by atoms with Gasteiger partial charge in [-0.15, -0.1) is 0 Å². The number of likely N-dealkylation sites (tertiary alicyclic amines) is 1. The Morgan fingerprint density at radius 3 is 2.44 bits per heavy atom. The van der Waals surface area contributed by atoms with Crippen molar-refractivity contribution in [1.82, 2.24) is 19.9 Å². The SMILES string of the molecule is COP(OC)c1ccccc1Nc1nc(Nc2ccc(N3CCC(N4CCCC4)CC3)c(OC(C)C)c2)nc2[nH]ccc12. The molecule has 0 atom stereocenters. The van der Waals surface area contributed by atoms with Crippen molar-refractivity contribution in [2.45, 2.75) is 51.7 Å². The highest BCUT2D eigenvalue weighted by atomic mass is 31.2. The van der Waals surface area contributed by atoms with Crippen molar-refractivity contribution in [1.29, 1.82) is 0 Å². The summed E-state index contributed by atoms with van der Waals surface area (Å²) in [6.07, 6.45) is 7.00. The predicted molar refractivity (Wildman–Crippen MR) is 176 cm³/mol. The van der Waals surface area contributed by atoms with E-state index in [-0.39, 0.29) is 6.10 Å². The van der Waals surface area contributed by atoms with E-state index in [2.05, 4.69) is 57.5 Å². The molecule has 0 spiro atoms. The first-order chi connectivity index (χ1) is 21.0. The van der Waals surface area contributed by atoms with Gasteiger partial charge in [0.2, 0.25) is 14.3 Å². The molecule has 4 heterocycles. The maximum absolute atomic E-state index is 6.35. The van der Waals surface area contributed by atoms with E-state index < -0.39 is 8.38 Å². The Kier molecular flexibility index (Phi) is 9.28. The van der Waals surface area contributed by atoms with Crippen LogP contribution in [-0.2, 0) is 9.05 Å². The number of aromatic nitrogens is 3. The second kappa shape index (κ2) is 13.5. The number of piperidine rings is 1. The Balaban J connectivity index is 1.24. The predicted octanol–water partition coefficient (Wildman–Crippen LogP) is 6.53. The quantitative estimate of drug-likeness (QED) is 0.165. The van der Waals surface area contributed by atoms with Gasteiger partial charge in [0, 0.05) is 51.3 Å². The first-order valence-corrected chi connectivity index (χ1v) is 16.4. The Morgan fingerprint density at radius 2 is 1.70 bits per heavy atom. The highest BCUT2D eigenvalue weighted by Gasteiger charge is 2.28. The van der Waals surface area contributed by atoms with Crippen molar-refractivity contribution < 1.29 is 13.8 Å². The van der Waals surface area contributed by atoms with Gasteiger partial charge in [0.15, 0.2) is 0 Å². The summed E-state index contributed by atoms with van der Waals surface area (Å²) in [6.45, 7) is 8.74. The first kappa shape index (κ1) is 29.6. The van der Waals surface area contributed by atoms with Crippen LogP contribution in [0.4, 0.5) is 28.8 Å². The molecule has 2 saturated heterocycles. The third kappa shape index (κ3) is 6.73. The summed E-state index contributed by atoms with van der Waals surface area (Å²) in [7, 11) is 2.09. The van der Waals surface area contributed by atoms with E-state index in [4.69, 9.17) is 23.8 Å². The molecular weight excluding hydrogens is 561 g/mol. The van der Waals surface area contributed by atoms with Crippen molar-refractivity contribution in [3.63, 3.8) is 0 Å². The Morgan fingerprint density at radius 1 is 0.930 bits per heavy atom. The van der Waals surface area contributed by atoms with Crippen molar-refractivity contribution in [2.75, 3.05) is 55.9 Å². The molecule has 2 aliphatic rings. The number of rotatable bonds is 11. The van der Waals surface area contributed by atoms with Crippen molar-refractivity contribution >= 4 is 53.5 Å². The molecular formula is C32H42N7O3P. The van der Waals surface area contributed by atoms with E-state index >= 15 is 0 Å². The molecule has 0 unspecified atom stereocenters. The lowest BCUT2D eigenvalue weighted by atomic mass is 10.0. The van der Waals surface area contributed by atoms with Gasteiger partial charge in [-0.25, -0.2) is 0 Å². The first-order valence-electron chi connectivity index (χ1n) is 15.2. The van der Waals surface area contributed by atoms with Crippen molar-refractivity contribution in [3.8, 4) is 5.75 Å². The zero-order chi connectivity index (χ0) is 29.8. The minimum atomic E-state index is -1.22. The van der Waals surface area contributed by atoms with E-state index in [0.717, 1.165) is 52.2 Å². The summed E-state index contributed by atoms with van der Waals surface area (Å²) in [6, 6.07) is 16.9. The van der Waals surface area contributed by atoms with Gasteiger partial charge in [-0.1, -0.05) is 12.1 Å². The number of anilines is 5. The van der Waals surface area contributed by atoms with E-state index in [1.165, 1.54) is 38.8 Å². The maximum atomic E-state index is 6.35. The summed E-state index contributed by atoms with van der Waals surface area (Å²) in [5.74, 6) is 2.03. The molecule has 11 heteroatoms. The van der Waals surface area contributed by atoms with Gasteiger partial charge in [-0.05, 0) is 83.0 Å². The highest BCUT2D eigenvalue weighted by molar-refractivity contribution is 7.56. The minimum Gasteiger partial charge on any atom is -0.489 e. The second-order valence-electron chi connectivity index (χ2n) is 11.3. The lowest BCUT2D eigenvalue weighted by Crippen LogP contribution is -2.44. The van der Waals surface area contributed by atoms with Crippen LogP contribution >= 0.6 is 8.38 Å².